The fourth-order valence-corrected chi connectivity index (χ4v) is 4.92. The minimum absolute atomic E-state index is 0.143. The summed E-state index contributed by atoms with van der Waals surface area (Å²) in [5.41, 5.74) is 0.143. The van der Waals surface area contributed by atoms with E-state index in [1.54, 1.807) is 6.08 Å². The van der Waals surface area contributed by atoms with E-state index >= 15 is 0 Å². The Morgan fingerprint density at radius 1 is 1.16 bits per heavy atom. The second-order valence-electron chi connectivity index (χ2n) is 6.03. The number of aliphatic carboxylic acids is 1. The summed E-state index contributed by atoms with van der Waals surface area (Å²) in [5, 5.41) is 9.12. The lowest BCUT2D eigenvalue weighted by Crippen LogP contribution is -2.14. The van der Waals surface area contributed by atoms with E-state index in [0.717, 1.165) is 38.5 Å². The van der Waals surface area contributed by atoms with E-state index in [9.17, 15) is 14.3 Å². The van der Waals surface area contributed by atoms with Crippen molar-refractivity contribution < 1.29 is 19.4 Å². The summed E-state index contributed by atoms with van der Waals surface area (Å²) >= 11 is 0. The van der Waals surface area contributed by atoms with Crippen molar-refractivity contribution in [1.29, 1.82) is 0 Å². The molecule has 1 atom stereocenters. The highest BCUT2D eigenvalue weighted by Crippen LogP contribution is 2.47. The van der Waals surface area contributed by atoms with Crippen LogP contribution in [0, 0.1) is 11.8 Å². The summed E-state index contributed by atoms with van der Waals surface area (Å²) in [4.78, 5) is 21.2. The van der Waals surface area contributed by atoms with Crippen molar-refractivity contribution >= 4 is 13.3 Å². The van der Waals surface area contributed by atoms with Gasteiger partial charge >= 0.3 is 5.97 Å². The number of hydrogen-bond acceptors (Lipinski definition) is 2. The number of rotatable bonds is 6. The molecule has 0 aromatic heterocycles. The Labute approximate surface area is 114 Å². The predicted molar refractivity (Wildman–Crippen MR) is 74.6 cm³/mol. The van der Waals surface area contributed by atoms with Gasteiger partial charge < -0.3 is 10.00 Å². The molecule has 5 heteroatoms. The van der Waals surface area contributed by atoms with Gasteiger partial charge in [-0.1, -0.05) is 25.3 Å². The number of hydrogen-bond donors (Lipinski definition) is 2. The Morgan fingerprint density at radius 3 is 2.32 bits per heavy atom. The molecule has 108 valence electrons. The first kappa shape index (κ1) is 14.8. The Hall–Kier alpha value is -0.600. The van der Waals surface area contributed by atoms with Crippen LogP contribution in [-0.2, 0) is 9.36 Å². The van der Waals surface area contributed by atoms with E-state index < -0.39 is 13.3 Å². The van der Waals surface area contributed by atoms with Crippen molar-refractivity contribution in [2.24, 2.45) is 11.8 Å². The first-order valence-electron chi connectivity index (χ1n) is 7.21. The monoisotopic (exact) mass is 286 g/mol. The van der Waals surface area contributed by atoms with Crippen LogP contribution in [0.5, 0.6) is 0 Å². The van der Waals surface area contributed by atoms with Gasteiger partial charge in [-0.3, -0.25) is 4.57 Å². The van der Waals surface area contributed by atoms with Crippen molar-refractivity contribution in [3.63, 3.8) is 0 Å². The first-order chi connectivity index (χ1) is 8.96. The van der Waals surface area contributed by atoms with Gasteiger partial charge in [0.05, 0.1) is 6.16 Å². The highest BCUT2D eigenvalue weighted by molar-refractivity contribution is 7.58. The Kier molecular flexibility index (Phi) is 4.86. The van der Waals surface area contributed by atoms with E-state index in [1.807, 2.05) is 0 Å². The van der Waals surface area contributed by atoms with Crippen LogP contribution in [0.15, 0.2) is 11.6 Å². The van der Waals surface area contributed by atoms with Gasteiger partial charge in [0.2, 0.25) is 7.37 Å². The zero-order chi connectivity index (χ0) is 13.9. The molecule has 0 amide bonds. The smallest absolute Gasteiger partial charge is 0.331 e. The quantitative estimate of drug-likeness (QED) is 0.580. The zero-order valence-electron chi connectivity index (χ0n) is 11.3. The molecule has 2 aliphatic carbocycles. The number of allylic oxidation sites excluding steroid dienone is 1. The highest BCUT2D eigenvalue weighted by atomic mass is 31.2. The molecule has 4 nitrogen and oxygen atoms in total. The minimum Gasteiger partial charge on any atom is -0.478 e. The molecule has 0 aromatic rings. The molecule has 0 bridgehead atoms. The second kappa shape index (κ2) is 6.23. The summed E-state index contributed by atoms with van der Waals surface area (Å²) in [6.07, 6.45) is 9.35. The lowest BCUT2D eigenvalue weighted by atomic mass is 9.91. The molecule has 1 unspecified atom stereocenters. The van der Waals surface area contributed by atoms with Crippen molar-refractivity contribution in [2.45, 2.75) is 44.9 Å². The van der Waals surface area contributed by atoms with Crippen LogP contribution in [-0.4, -0.2) is 28.3 Å². The molecule has 2 rings (SSSR count). The van der Waals surface area contributed by atoms with E-state index in [4.69, 9.17) is 5.11 Å². The van der Waals surface area contributed by atoms with E-state index in [-0.39, 0.29) is 11.7 Å². The van der Waals surface area contributed by atoms with Gasteiger partial charge in [-0.25, -0.2) is 4.79 Å². The maximum Gasteiger partial charge on any atom is 0.331 e. The van der Waals surface area contributed by atoms with Crippen molar-refractivity contribution in [2.75, 3.05) is 12.3 Å². The van der Waals surface area contributed by atoms with Gasteiger partial charge in [0.15, 0.2) is 0 Å². The summed E-state index contributed by atoms with van der Waals surface area (Å²) in [7, 11) is -3.35. The van der Waals surface area contributed by atoms with E-state index in [1.165, 1.54) is 6.42 Å². The topological polar surface area (TPSA) is 74.6 Å². The Balaban J connectivity index is 1.93. The Bertz CT molecular complexity index is 406. The van der Waals surface area contributed by atoms with Crippen LogP contribution >= 0.6 is 7.37 Å². The first-order valence-corrected chi connectivity index (χ1v) is 9.24. The standard InChI is InChI=1S/C14H23O4P/c15-14(16)13(8-11-6-7-11)10-19(17,18)9-12-4-2-1-3-5-12/h8,11-12H,1-7,9-10H2,(H,15,16)(H,17,18)/b13-8+. The van der Waals surface area contributed by atoms with Gasteiger partial charge in [0, 0.05) is 11.7 Å². The van der Waals surface area contributed by atoms with Gasteiger partial charge in [-0.05, 0) is 37.5 Å². The van der Waals surface area contributed by atoms with Crippen LogP contribution in [0.2, 0.25) is 0 Å². The average molecular weight is 286 g/mol. The summed E-state index contributed by atoms with van der Waals surface area (Å²) < 4.78 is 12.3. The van der Waals surface area contributed by atoms with Crippen LogP contribution in [0.25, 0.3) is 0 Å². The molecule has 2 fully saturated rings. The van der Waals surface area contributed by atoms with Crippen molar-refractivity contribution in [1.82, 2.24) is 0 Å². The third-order valence-electron chi connectivity index (χ3n) is 4.02. The fourth-order valence-electron chi connectivity index (χ4n) is 2.84. The van der Waals surface area contributed by atoms with Gasteiger partial charge in [0.1, 0.15) is 0 Å². The van der Waals surface area contributed by atoms with Crippen molar-refractivity contribution in [3.8, 4) is 0 Å². The number of carbonyl (C=O) groups is 1. The highest BCUT2D eigenvalue weighted by Gasteiger charge is 2.30. The molecule has 0 radical (unpaired) electrons. The van der Waals surface area contributed by atoms with Crippen molar-refractivity contribution in [3.05, 3.63) is 11.6 Å². The lowest BCUT2D eigenvalue weighted by molar-refractivity contribution is -0.132. The molecule has 19 heavy (non-hydrogen) atoms. The molecule has 2 aliphatic rings. The average Bonchev–Trinajstić information content (AvgIpc) is 3.12. The second-order valence-corrected chi connectivity index (χ2v) is 8.40. The summed E-state index contributed by atoms with van der Waals surface area (Å²) in [6.45, 7) is 0. The maximum atomic E-state index is 12.3. The third-order valence-corrected chi connectivity index (χ3v) is 5.94. The molecule has 0 aliphatic heterocycles. The van der Waals surface area contributed by atoms with E-state index in [0.29, 0.717) is 18.0 Å². The lowest BCUT2D eigenvalue weighted by Gasteiger charge is -2.24. The SMILES string of the molecule is O=C(O)/C(=C/C1CC1)CP(=O)(O)CC1CCCCC1. The molecular formula is C14H23O4P. The molecule has 2 saturated carbocycles. The molecular weight excluding hydrogens is 263 g/mol. The van der Waals surface area contributed by atoms with Gasteiger partial charge in [0.25, 0.3) is 0 Å². The molecule has 0 saturated heterocycles. The molecule has 0 aromatic carbocycles. The fraction of sp³-hybridized carbons (Fsp3) is 0.786. The largest absolute Gasteiger partial charge is 0.478 e. The van der Waals surface area contributed by atoms with Gasteiger partial charge in [-0.15, -0.1) is 0 Å². The zero-order valence-corrected chi connectivity index (χ0v) is 12.1. The van der Waals surface area contributed by atoms with Crippen LogP contribution in [0.4, 0.5) is 0 Å². The predicted octanol–water partition coefficient (Wildman–Crippen LogP) is 3.26. The molecule has 0 heterocycles. The van der Waals surface area contributed by atoms with E-state index in [2.05, 4.69) is 0 Å². The number of carboxylic acids is 1. The normalized spacial score (nSPS) is 25.0. The maximum absolute atomic E-state index is 12.3. The Morgan fingerprint density at radius 2 is 1.79 bits per heavy atom. The summed E-state index contributed by atoms with van der Waals surface area (Å²) in [6, 6.07) is 0. The molecule has 0 spiro atoms. The third kappa shape index (κ3) is 5.12. The van der Waals surface area contributed by atoms with Crippen LogP contribution < -0.4 is 0 Å². The minimum atomic E-state index is -3.35. The van der Waals surface area contributed by atoms with Gasteiger partial charge in [-0.2, -0.15) is 0 Å². The summed E-state index contributed by atoms with van der Waals surface area (Å²) in [5.74, 6) is -0.411. The number of carboxylic acid groups (broad SMARTS) is 1. The molecule has 2 N–H and O–H groups in total. The van der Waals surface area contributed by atoms with Crippen LogP contribution in [0.1, 0.15) is 44.9 Å². The van der Waals surface area contributed by atoms with Crippen LogP contribution in [0.3, 0.4) is 0 Å².